The highest BCUT2D eigenvalue weighted by molar-refractivity contribution is 7.14. The number of aliphatic carboxylic acids is 1. The third kappa shape index (κ3) is 2.65. The minimum absolute atomic E-state index is 0.130. The molecule has 120 valence electrons. The molecule has 1 aliphatic heterocycles. The zero-order valence-electron chi connectivity index (χ0n) is 12.8. The van der Waals surface area contributed by atoms with E-state index in [9.17, 15) is 9.90 Å². The fourth-order valence-electron chi connectivity index (χ4n) is 2.85. The van der Waals surface area contributed by atoms with E-state index >= 15 is 0 Å². The van der Waals surface area contributed by atoms with Crippen LogP contribution in [-0.2, 0) is 11.2 Å². The monoisotopic (exact) mass is 337 g/mol. The number of anilines is 2. The minimum atomic E-state index is -0.994. The van der Waals surface area contributed by atoms with Gasteiger partial charge >= 0.3 is 5.97 Å². The number of hydrogen-bond acceptors (Lipinski definition) is 5. The van der Waals surface area contributed by atoms with E-state index in [-0.39, 0.29) is 5.71 Å². The van der Waals surface area contributed by atoms with Gasteiger partial charge in [0.15, 0.2) is 5.71 Å². The molecule has 0 radical (unpaired) electrons. The van der Waals surface area contributed by atoms with Gasteiger partial charge in [-0.25, -0.2) is 14.8 Å². The van der Waals surface area contributed by atoms with E-state index in [0.29, 0.717) is 11.6 Å². The first kappa shape index (κ1) is 14.8. The number of fused-ring (bicyclic) bond motifs is 1. The van der Waals surface area contributed by atoms with Crippen molar-refractivity contribution in [1.29, 1.82) is 0 Å². The topological polar surface area (TPSA) is 65.8 Å². The molecule has 0 unspecified atom stereocenters. The molecule has 0 saturated heterocycles. The standard InChI is InChI=1S/C18H15N3O2S/c22-17(23)14-10-13-8-4-5-9-16(13)21(20-14)18-19-15(11-24-18)12-6-2-1-3-7-12/h1-2,4-6,8-9,11H,3,7,10H2,(H,22,23). The summed E-state index contributed by atoms with van der Waals surface area (Å²) in [4.78, 5) is 16.1. The van der Waals surface area contributed by atoms with Crippen LogP contribution in [0.1, 0.15) is 24.1 Å². The fourth-order valence-corrected chi connectivity index (χ4v) is 3.66. The summed E-state index contributed by atoms with van der Waals surface area (Å²) in [5, 5.41) is 18.0. The third-order valence-electron chi connectivity index (χ3n) is 4.06. The highest BCUT2D eigenvalue weighted by atomic mass is 32.1. The van der Waals surface area contributed by atoms with Gasteiger partial charge in [0.2, 0.25) is 5.13 Å². The lowest BCUT2D eigenvalue weighted by Gasteiger charge is -2.24. The average molecular weight is 337 g/mol. The van der Waals surface area contributed by atoms with Gasteiger partial charge in [-0.3, -0.25) is 0 Å². The molecule has 0 amide bonds. The van der Waals surface area contributed by atoms with Gasteiger partial charge in [-0.15, -0.1) is 11.3 Å². The molecule has 2 aliphatic rings. The highest BCUT2D eigenvalue weighted by Crippen LogP contribution is 2.36. The molecule has 0 saturated carbocycles. The summed E-state index contributed by atoms with van der Waals surface area (Å²) in [6.45, 7) is 0. The van der Waals surface area contributed by atoms with Gasteiger partial charge in [-0.2, -0.15) is 5.10 Å². The van der Waals surface area contributed by atoms with Gasteiger partial charge in [0, 0.05) is 11.8 Å². The second-order valence-electron chi connectivity index (χ2n) is 5.64. The van der Waals surface area contributed by atoms with Crippen LogP contribution >= 0.6 is 11.3 Å². The first-order valence-corrected chi connectivity index (χ1v) is 8.61. The number of thiazole rings is 1. The first-order valence-electron chi connectivity index (χ1n) is 7.73. The van der Waals surface area contributed by atoms with E-state index in [1.165, 1.54) is 16.9 Å². The Morgan fingerprint density at radius 3 is 2.96 bits per heavy atom. The Morgan fingerprint density at radius 1 is 1.29 bits per heavy atom. The second kappa shape index (κ2) is 6.05. The molecule has 5 nitrogen and oxygen atoms in total. The van der Waals surface area contributed by atoms with Gasteiger partial charge in [0.1, 0.15) is 0 Å². The number of hydrogen-bond donors (Lipinski definition) is 1. The second-order valence-corrected chi connectivity index (χ2v) is 6.48. The number of hydrazone groups is 1. The molecule has 0 atom stereocenters. The van der Waals surface area contributed by atoms with E-state index in [0.717, 1.165) is 29.8 Å². The number of para-hydroxylation sites is 1. The number of allylic oxidation sites excluding steroid dienone is 4. The quantitative estimate of drug-likeness (QED) is 0.919. The molecule has 6 heteroatoms. The van der Waals surface area contributed by atoms with E-state index in [4.69, 9.17) is 4.98 Å². The summed E-state index contributed by atoms with van der Waals surface area (Å²) in [6, 6.07) is 7.72. The smallest absolute Gasteiger partial charge is 0.352 e. The number of benzene rings is 1. The van der Waals surface area contributed by atoms with Gasteiger partial charge in [-0.05, 0) is 30.0 Å². The Bertz CT molecular complexity index is 895. The summed E-state index contributed by atoms with van der Waals surface area (Å²) in [5.74, 6) is -0.994. The summed E-state index contributed by atoms with van der Waals surface area (Å²) >= 11 is 1.48. The van der Waals surface area contributed by atoms with E-state index in [2.05, 4.69) is 23.3 Å². The summed E-state index contributed by atoms with van der Waals surface area (Å²) in [5.41, 5.74) is 4.11. The lowest BCUT2D eigenvalue weighted by molar-refractivity contribution is -0.129. The van der Waals surface area contributed by atoms with E-state index in [1.54, 1.807) is 5.01 Å². The molecule has 24 heavy (non-hydrogen) atoms. The van der Waals surface area contributed by atoms with Crippen LogP contribution in [0.15, 0.2) is 53.0 Å². The first-order chi connectivity index (χ1) is 11.7. The van der Waals surface area contributed by atoms with Crippen LogP contribution in [0.2, 0.25) is 0 Å². The van der Waals surface area contributed by atoms with Crippen LogP contribution in [-0.4, -0.2) is 21.8 Å². The van der Waals surface area contributed by atoms with Crippen molar-refractivity contribution in [3.05, 3.63) is 59.1 Å². The molecular weight excluding hydrogens is 322 g/mol. The van der Waals surface area contributed by atoms with Crippen LogP contribution in [0.5, 0.6) is 0 Å². The Morgan fingerprint density at radius 2 is 2.17 bits per heavy atom. The Labute approximate surface area is 143 Å². The third-order valence-corrected chi connectivity index (χ3v) is 4.88. The maximum Gasteiger partial charge on any atom is 0.352 e. The summed E-state index contributed by atoms with van der Waals surface area (Å²) in [6.07, 6.45) is 8.59. The number of carbonyl (C=O) groups is 1. The maximum absolute atomic E-state index is 11.4. The van der Waals surface area contributed by atoms with Gasteiger partial charge < -0.3 is 5.11 Å². The SMILES string of the molecule is O=C(O)C1=NN(c2nc(C3=CC=CCC3)cs2)c2ccccc2C1. The molecule has 2 aromatic rings. The molecule has 2 heterocycles. The number of nitrogens with zero attached hydrogens (tertiary/aromatic N) is 3. The molecule has 1 aliphatic carbocycles. The average Bonchev–Trinajstić information content (AvgIpc) is 3.11. The van der Waals surface area contributed by atoms with Crippen LogP contribution in [0, 0.1) is 0 Å². The van der Waals surface area contributed by atoms with E-state index in [1.807, 2.05) is 29.6 Å². The minimum Gasteiger partial charge on any atom is -0.477 e. The largest absolute Gasteiger partial charge is 0.477 e. The van der Waals surface area contributed by atoms with Crippen molar-refractivity contribution in [1.82, 2.24) is 4.98 Å². The lowest BCUT2D eigenvalue weighted by Crippen LogP contribution is -2.27. The van der Waals surface area contributed by atoms with Crippen molar-refractivity contribution < 1.29 is 9.90 Å². The summed E-state index contributed by atoms with van der Waals surface area (Å²) < 4.78 is 0. The molecule has 4 rings (SSSR count). The molecule has 1 N–H and O–H groups in total. The van der Waals surface area contributed by atoms with Crippen molar-refractivity contribution in [3.8, 4) is 0 Å². The molecule has 1 aromatic carbocycles. The van der Waals surface area contributed by atoms with Gasteiger partial charge in [0.25, 0.3) is 0 Å². The highest BCUT2D eigenvalue weighted by Gasteiger charge is 2.25. The Hall–Kier alpha value is -2.73. The van der Waals surface area contributed by atoms with Crippen LogP contribution in [0.3, 0.4) is 0 Å². The molecule has 0 bridgehead atoms. The van der Waals surface area contributed by atoms with Crippen molar-refractivity contribution >= 4 is 39.4 Å². The van der Waals surface area contributed by atoms with E-state index < -0.39 is 5.97 Å². The Balaban J connectivity index is 1.75. The van der Waals surface area contributed by atoms with Gasteiger partial charge in [0.05, 0.1) is 11.4 Å². The molecular formula is C18H15N3O2S. The predicted molar refractivity (Wildman–Crippen MR) is 95.8 cm³/mol. The van der Waals surface area contributed by atoms with Crippen LogP contribution in [0.4, 0.5) is 10.8 Å². The number of rotatable bonds is 3. The maximum atomic E-state index is 11.4. The molecule has 0 fully saturated rings. The Kier molecular flexibility index (Phi) is 3.74. The van der Waals surface area contributed by atoms with Crippen molar-refractivity contribution in [2.45, 2.75) is 19.3 Å². The molecule has 0 spiro atoms. The van der Waals surface area contributed by atoms with Crippen LogP contribution < -0.4 is 5.01 Å². The zero-order chi connectivity index (χ0) is 16.5. The normalized spacial score (nSPS) is 16.4. The summed E-state index contributed by atoms with van der Waals surface area (Å²) in [7, 11) is 0. The van der Waals surface area contributed by atoms with Crippen LogP contribution in [0.25, 0.3) is 5.57 Å². The van der Waals surface area contributed by atoms with Crippen molar-refractivity contribution in [2.24, 2.45) is 5.10 Å². The fraction of sp³-hybridized carbons (Fsp3) is 0.167. The number of carboxylic acids is 1. The lowest BCUT2D eigenvalue weighted by atomic mass is 10.0. The zero-order valence-corrected chi connectivity index (χ0v) is 13.7. The molecule has 1 aromatic heterocycles. The van der Waals surface area contributed by atoms with Crippen molar-refractivity contribution in [2.75, 3.05) is 5.01 Å². The van der Waals surface area contributed by atoms with Gasteiger partial charge in [-0.1, -0.05) is 36.4 Å². The predicted octanol–water partition coefficient (Wildman–Crippen LogP) is 4.01. The number of aromatic nitrogens is 1. The van der Waals surface area contributed by atoms with Crippen molar-refractivity contribution in [3.63, 3.8) is 0 Å². The number of carboxylic acid groups (broad SMARTS) is 1.